The van der Waals surface area contributed by atoms with Crippen LogP contribution in [0.3, 0.4) is 0 Å². The lowest BCUT2D eigenvalue weighted by molar-refractivity contribution is -0.385. The van der Waals surface area contributed by atoms with Crippen LogP contribution in [-0.4, -0.2) is 39.9 Å². The maximum absolute atomic E-state index is 12.4. The summed E-state index contributed by atoms with van der Waals surface area (Å²) < 4.78 is 10.2. The van der Waals surface area contributed by atoms with Gasteiger partial charge in [0.2, 0.25) is 0 Å². The number of ether oxygens (including phenoxy) is 2. The number of aromatic hydroxyl groups is 1. The highest BCUT2D eigenvalue weighted by Crippen LogP contribution is 2.41. The zero-order valence-electron chi connectivity index (χ0n) is 16.6. The van der Waals surface area contributed by atoms with Crippen molar-refractivity contribution >= 4 is 40.2 Å². The number of phenols is 1. The van der Waals surface area contributed by atoms with Crippen molar-refractivity contribution in [3.63, 3.8) is 0 Å². The average Bonchev–Trinajstić information content (AvgIpc) is 3.03. The van der Waals surface area contributed by atoms with E-state index < -0.39 is 22.3 Å². The first-order valence-corrected chi connectivity index (χ1v) is 9.86. The van der Waals surface area contributed by atoms with E-state index in [1.165, 1.54) is 18.2 Å². The highest BCUT2D eigenvalue weighted by atomic mass is 32.2. The molecule has 0 spiro atoms. The van der Waals surface area contributed by atoms with Gasteiger partial charge in [0.15, 0.2) is 5.75 Å². The molecule has 0 aromatic heterocycles. The number of methoxy groups -OCH3 is 1. The second-order valence-corrected chi connectivity index (χ2v) is 7.21. The minimum atomic E-state index is -0.727. The number of nitro groups is 1. The maximum atomic E-state index is 12.4. The van der Waals surface area contributed by atoms with Gasteiger partial charge in [-0.05, 0) is 55.0 Å². The number of nitro benzene ring substituents is 1. The van der Waals surface area contributed by atoms with Crippen LogP contribution < -0.4 is 4.74 Å². The molecule has 0 radical (unpaired) electrons. The van der Waals surface area contributed by atoms with Crippen LogP contribution in [-0.2, 0) is 9.53 Å². The molecule has 2 aromatic carbocycles. The first kappa shape index (κ1) is 21.9. The molecule has 160 valence electrons. The number of esters is 1. The lowest BCUT2D eigenvalue weighted by Gasteiger charge is -2.04. The molecule has 0 bridgehead atoms. The van der Waals surface area contributed by atoms with Gasteiger partial charge in [-0.25, -0.2) is 9.79 Å². The standard InChI is InChI=1S/C21H18N2O7S/c1-3-30-21(26)18-19(25)17(11-12-4-9-15(23(27)28)16(24)10-12)31-20(18)22-13-5-7-14(29-2)8-6-13/h4-11,24-25H,3H2,1-2H3/b17-11+,22-20?. The van der Waals surface area contributed by atoms with Crippen LogP contribution in [0.4, 0.5) is 11.4 Å². The average molecular weight is 442 g/mol. The zero-order chi connectivity index (χ0) is 22.5. The number of aliphatic imine (C=N–C) groups is 1. The van der Waals surface area contributed by atoms with Crippen LogP contribution in [0, 0.1) is 10.1 Å². The molecule has 0 amide bonds. The number of hydrogen-bond donors (Lipinski definition) is 2. The van der Waals surface area contributed by atoms with Gasteiger partial charge < -0.3 is 19.7 Å². The summed E-state index contributed by atoms with van der Waals surface area (Å²) >= 11 is 1.04. The lowest BCUT2D eigenvalue weighted by Crippen LogP contribution is -2.12. The zero-order valence-corrected chi connectivity index (χ0v) is 17.4. The first-order valence-electron chi connectivity index (χ1n) is 9.04. The minimum absolute atomic E-state index is 0.0833. The number of rotatable bonds is 6. The van der Waals surface area contributed by atoms with E-state index in [1.807, 2.05) is 0 Å². The van der Waals surface area contributed by atoms with Gasteiger partial charge in [0.1, 0.15) is 22.1 Å². The third kappa shape index (κ3) is 4.86. The summed E-state index contributed by atoms with van der Waals surface area (Å²) in [5.74, 6) is -0.919. The number of aliphatic hydroxyl groups is 1. The Morgan fingerprint density at radius 1 is 1.23 bits per heavy atom. The largest absolute Gasteiger partial charge is 0.506 e. The van der Waals surface area contributed by atoms with Crippen molar-refractivity contribution in [2.45, 2.75) is 6.92 Å². The monoisotopic (exact) mass is 442 g/mol. The van der Waals surface area contributed by atoms with Gasteiger partial charge >= 0.3 is 11.7 Å². The Bertz CT molecular complexity index is 1120. The van der Waals surface area contributed by atoms with Crippen LogP contribution in [0.25, 0.3) is 6.08 Å². The molecule has 0 atom stereocenters. The number of nitrogens with zero attached hydrogens (tertiary/aromatic N) is 2. The van der Waals surface area contributed by atoms with E-state index >= 15 is 0 Å². The van der Waals surface area contributed by atoms with Crippen molar-refractivity contribution in [1.29, 1.82) is 0 Å². The van der Waals surface area contributed by atoms with Crippen molar-refractivity contribution in [1.82, 2.24) is 0 Å². The smallest absolute Gasteiger partial charge is 0.344 e. The second-order valence-electron chi connectivity index (χ2n) is 6.17. The summed E-state index contributed by atoms with van der Waals surface area (Å²) in [4.78, 5) is 27.3. The molecule has 1 aliphatic heterocycles. The predicted molar refractivity (Wildman–Crippen MR) is 117 cm³/mol. The van der Waals surface area contributed by atoms with E-state index in [2.05, 4.69) is 4.99 Å². The number of carbonyl (C=O) groups is 1. The number of carbonyl (C=O) groups excluding carboxylic acids is 1. The van der Waals surface area contributed by atoms with E-state index in [0.29, 0.717) is 17.0 Å². The number of aliphatic hydroxyl groups excluding tert-OH is 1. The Labute approximate surface area is 181 Å². The van der Waals surface area contributed by atoms with Gasteiger partial charge in [0.25, 0.3) is 0 Å². The Hall–Kier alpha value is -3.79. The van der Waals surface area contributed by atoms with Gasteiger partial charge in [-0.15, -0.1) is 0 Å². The molecule has 10 heteroatoms. The number of thioether (sulfide) groups is 1. The summed E-state index contributed by atoms with van der Waals surface area (Å²) in [7, 11) is 1.54. The number of phenolic OH excluding ortho intramolecular Hbond substituents is 1. The van der Waals surface area contributed by atoms with E-state index in [9.17, 15) is 25.1 Å². The van der Waals surface area contributed by atoms with Gasteiger partial charge in [-0.1, -0.05) is 11.8 Å². The van der Waals surface area contributed by atoms with E-state index in [4.69, 9.17) is 9.47 Å². The molecule has 0 saturated heterocycles. The molecular weight excluding hydrogens is 424 g/mol. The molecule has 9 nitrogen and oxygen atoms in total. The molecule has 2 N–H and O–H groups in total. The summed E-state index contributed by atoms with van der Waals surface area (Å²) in [6.45, 7) is 1.76. The van der Waals surface area contributed by atoms with Gasteiger partial charge in [-0.3, -0.25) is 10.1 Å². The van der Waals surface area contributed by atoms with Crippen LogP contribution >= 0.6 is 11.8 Å². The third-order valence-electron chi connectivity index (χ3n) is 4.17. The van der Waals surface area contributed by atoms with Crippen molar-refractivity contribution < 1.29 is 29.4 Å². The quantitative estimate of drug-likeness (QED) is 0.380. The molecule has 1 heterocycles. The molecule has 0 saturated carbocycles. The highest BCUT2D eigenvalue weighted by molar-refractivity contribution is 8.18. The fraction of sp³-hybridized carbons (Fsp3) is 0.143. The molecule has 0 fully saturated rings. The van der Waals surface area contributed by atoms with Gasteiger partial charge in [-0.2, -0.15) is 0 Å². The summed E-state index contributed by atoms with van der Waals surface area (Å²) in [5, 5.41) is 31.6. The number of benzene rings is 2. The van der Waals surface area contributed by atoms with E-state index in [1.54, 1.807) is 38.3 Å². The summed E-state index contributed by atoms with van der Waals surface area (Å²) in [6, 6.07) is 10.6. The topological polar surface area (TPSA) is 131 Å². The van der Waals surface area contributed by atoms with E-state index in [-0.39, 0.29) is 27.9 Å². The second kappa shape index (κ2) is 9.35. The van der Waals surface area contributed by atoms with Crippen molar-refractivity contribution in [3.05, 3.63) is 74.4 Å². The van der Waals surface area contributed by atoms with E-state index in [0.717, 1.165) is 17.8 Å². The molecule has 0 unspecified atom stereocenters. The molecule has 1 aliphatic rings. The van der Waals surface area contributed by atoms with Crippen molar-refractivity contribution in [3.8, 4) is 11.5 Å². The lowest BCUT2D eigenvalue weighted by atomic mass is 10.1. The van der Waals surface area contributed by atoms with Crippen LogP contribution in [0.2, 0.25) is 0 Å². The predicted octanol–water partition coefficient (Wildman–Crippen LogP) is 4.50. The van der Waals surface area contributed by atoms with Gasteiger partial charge in [0.05, 0.1) is 29.2 Å². The van der Waals surface area contributed by atoms with Crippen molar-refractivity contribution in [2.24, 2.45) is 4.99 Å². The van der Waals surface area contributed by atoms with Crippen LogP contribution in [0.5, 0.6) is 11.5 Å². The normalized spacial score (nSPS) is 16.1. The minimum Gasteiger partial charge on any atom is -0.506 e. The van der Waals surface area contributed by atoms with Crippen LogP contribution in [0.1, 0.15) is 12.5 Å². The third-order valence-corrected chi connectivity index (χ3v) is 5.19. The molecule has 2 aromatic rings. The van der Waals surface area contributed by atoms with Crippen molar-refractivity contribution in [2.75, 3.05) is 13.7 Å². The summed E-state index contributed by atoms with van der Waals surface area (Å²) in [5.41, 5.74) is 0.410. The highest BCUT2D eigenvalue weighted by Gasteiger charge is 2.33. The van der Waals surface area contributed by atoms with Crippen LogP contribution in [0.15, 0.2) is 63.7 Å². The SMILES string of the molecule is CCOC(=O)C1=C(O)/C(=C\c2ccc([N+](=O)[O-])c(O)c2)SC1=Nc1ccc(OC)cc1. The summed E-state index contributed by atoms with van der Waals surface area (Å²) in [6.07, 6.45) is 1.49. The Morgan fingerprint density at radius 3 is 2.52 bits per heavy atom. The first-order chi connectivity index (χ1) is 14.8. The molecular formula is C21H18N2O7S. The fourth-order valence-corrected chi connectivity index (χ4v) is 3.74. The molecule has 31 heavy (non-hydrogen) atoms. The Balaban J connectivity index is 2.01. The Morgan fingerprint density at radius 2 is 1.94 bits per heavy atom. The maximum Gasteiger partial charge on any atom is 0.344 e. The Kier molecular flexibility index (Phi) is 6.61. The molecule has 0 aliphatic carbocycles. The molecule has 3 rings (SSSR count). The van der Waals surface area contributed by atoms with Gasteiger partial charge in [0, 0.05) is 6.07 Å². The fourth-order valence-electron chi connectivity index (χ4n) is 2.70. The number of hydrogen-bond acceptors (Lipinski definition) is 9.